The number of rotatable bonds is 5. The molecular weight excluding hydrogens is 382 g/mol. The van der Waals surface area contributed by atoms with Gasteiger partial charge in [0.2, 0.25) is 5.43 Å². The number of aryl methyl sites for hydroxylation is 1. The van der Waals surface area contributed by atoms with Crippen LogP contribution in [-0.4, -0.2) is 58.5 Å². The Morgan fingerprint density at radius 3 is 2.73 bits per heavy atom. The largest absolute Gasteiger partial charge is 0.491 e. The lowest BCUT2D eigenvalue weighted by Crippen LogP contribution is -2.50. The minimum Gasteiger partial charge on any atom is -0.491 e. The van der Waals surface area contributed by atoms with Gasteiger partial charge in [-0.1, -0.05) is 30.3 Å². The van der Waals surface area contributed by atoms with E-state index in [9.17, 15) is 14.4 Å². The number of carbonyl (C=O) groups excluding carboxylic acids is 2. The molecule has 30 heavy (non-hydrogen) atoms. The Morgan fingerprint density at radius 1 is 1.17 bits per heavy atom. The van der Waals surface area contributed by atoms with Crippen molar-refractivity contribution in [1.82, 2.24) is 14.4 Å². The molecule has 1 aromatic carbocycles. The molecule has 0 N–H and O–H groups in total. The summed E-state index contributed by atoms with van der Waals surface area (Å²) in [5.41, 5.74) is 0.921. The van der Waals surface area contributed by atoms with Crippen molar-refractivity contribution in [2.45, 2.75) is 44.4 Å². The van der Waals surface area contributed by atoms with Crippen molar-refractivity contribution < 1.29 is 14.3 Å². The fraction of sp³-hybridized carbons (Fsp3) is 0.435. The fourth-order valence-corrected chi connectivity index (χ4v) is 5.14. The molecule has 0 saturated carbocycles. The van der Waals surface area contributed by atoms with Crippen molar-refractivity contribution in [1.29, 1.82) is 0 Å². The number of pyridine rings is 1. The molecule has 1 unspecified atom stereocenters. The zero-order chi connectivity index (χ0) is 20.8. The van der Waals surface area contributed by atoms with Gasteiger partial charge < -0.3 is 14.2 Å². The number of methoxy groups -OCH3 is 1. The molecule has 4 heterocycles. The van der Waals surface area contributed by atoms with Gasteiger partial charge in [0.25, 0.3) is 5.91 Å². The Morgan fingerprint density at radius 2 is 1.97 bits per heavy atom. The van der Waals surface area contributed by atoms with Crippen molar-refractivity contribution in [2.75, 3.05) is 20.2 Å². The molecular formula is C23H25N3O4. The van der Waals surface area contributed by atoms with Gasteiger partial charge in [0.15, 0.2) is 17.2 Å². The fourth-order valence-electron chi connectivity index (χ4n) is 5.14. The first-order valence-electron chi connectivity index (χ1n) is 10.5. The van der Waals surface area contributed by atoms with Crippen molar-refractivity contribution in [3.05, 3.63) is 63.6 Å². The number of ether oxygens (including phenoxy) is 1. The highest BCUT2D eigenvalue weighted by atomic mass is 16.5. The van der Waals surface area contributed by atoms with Crippen LogP contribution in [0.5, 0.6) is 5.75 Å². The van der Waals surface area contributed by atoms with Crippen LogP contribution in [0.4, 0.5) is 0 Å². The maximum atomic E-state index is 13.2. The van der Waals surface area contributed by atoms with E-state index in [1.54, 1.807) is 10.8 Å². The van der Waals surface area contributed by atoms with Gasteiger partial charge in [0.05, 0.1) is 19.2 Å². The predicted octanol–water partition coefficient (Wildman–Crippen LogP) is 1.93. The molecule has 0 spiro atoms. The van der Waals surface area contributed by atoms with E-state index in [1.807, 2.05) is 35.2 Å². The number of aromatic nitrogens is 1. The quantitative estimate of drug-likeness (QED) is 0.709. The number of benzene rings is 1. The third kappa shape index (κ3) is 2.96. The summed E-state index contributed by atoms with van der Waals surface area (Å²) in [6.07, 6.45) is 4.60. The smallest absolute Gasteiger partial charge is 0.275 e. The summed E-state index contributed by atoms with van der Waals surface area (Å²) in [4.78, 5) is 43.4. The highest BCUT2D eigenvalue weighted by molar-refractivity contribution is 6.00. The number of hydrogen-bond donors (Lipinski definition) is 0. The van der Waals surface area contributed by atoms with Gasteiger partial charge in [-0.05, 0) is 24.8 Å². The van der Waals surface area contributed by atoms with Crippen LogP contribution in [0.3, 0.4) is 0 Å². The second-order valence-corrected chi connectivity index (χ2v) is 8.29. The molecule has 0 bridgehead atoms. The summed E-state index contributed by atoms with van der Waals surface area (Å²) in [6, 6.07) is 10.1. The Labute approximate surface area is 174 Å². The van der Waals surface area contributed by atoms with Gasteiger partial charge in [0.1, 0.15) is 6.17 Å². The molecule has 2 saturated heterocycles. The molecule has 156 valence electrons. The molecule has 2 fully saturated rings. The van der Waals surface area contributed by atoms with E-state index in [-0.39, 0.29) is 41.3 Å². The van der Waals surface area contributed by atoms with E-state index in [2.05, 4.69) is 4.90 Å². The Bertz CT molecular complexity index is 1060. The average molecular weight is 407 g/mol. The van der Waals surface area contributed by atoms with Crippen LogP contribution in [0.1, 0.15) is 45.7 Å². The third-order valence-electron chi connectivity index (χ3n) is 6.62. The van der Waals surface area contributed by atoms with Crippen LogP contribution >= 0.6 is 0 Å². The van der Waals surface area contributed by atoms with Crippen molar-refractivity contribution in [3.8, 4) is 5.75 Å². The highest BCUT2D eigenvalue weighted by Crippen LogP contribution is 2.35. The molecule has 5 rings (SSSR count). The summed E-state index contributed by atoms with van der Waals surface area (Å²) in [5, 5.41) is 0. The van der Waals surface area contributed by atoms with Crippen molar-refractivity contribution >= 4 is 11.7 Å². The van der Waals surface area contributed by atoms with Crippen LogP contribution in [0.15, 0.2) is 41.3 Å². The summed E-state index contributed by atoms with van der Waals surface area (Å²) in [5.74, 6) is -0.424. The molecule has 0 aliphatic carbocycles. The number of amides is 1. The monoisotopic (exact) mass is 407 g/mol. The summed E-state index contributed by atoms with van der Waals surface area (Å²) >= 11 is 0. The maximum absolute atomic E-state index is 13.2. The number of carbonyl (C=O) groups is 2. The van der Waals surface area contributed by atoms with E-state index in [1.165, 1.54) is 7.11 Å². The number of Topliss-reactive ketones (excluding diaryl/α,β-unsaturated/α-hetero) is 1. The number of nitrogens with zero attached hydrogens (tertiary/aromatic N) is 3. The summed E-state index contributed by atoms with van der Waals surface area (Å²) < 4.78 is 7.13. The first kappa shape index (κ1) is 19.1. The molecule has 3 aliphatic rings. The second-order valence-electron chi connectivity index (χ2n) is 8.29. The number of ketones is 1. The van der Waals surface area contributed by atoms with Crippen LogP contribution in [0.2, 0.25) is 0 Å². The van der Waals surface area contributed by atoms with E-state index in [0.717, 1.165) is 24.9 Å². The SMILES string of the molecule is COc1c2n(cc(C(=O)CCc3ccccc3)c1=O)C[C@@H]1N(CC3CCCN31)C2=O. The third-order valence-corrected chi connectivity index (χ3v) is 6.62. The van der Waals surface area contributed by atoms with Gasteiger partial charge in [-0.3, -0.25) is 19.3 Å². The van der Waals surface area contributed by atoms with Gasteiger partial charge in [-0.25, -0.2) is 0 Å². The highest BCUT2D eigenvalue weighted by Gasteiger charge is 2.48. The zero-order valence-electron chi connectivity index (χ0n) is 17.0. The normalized spacial score (nSPS) is 22.6. The van der Waals surface area contributed by atoms with Crippen LogP contribution in [-0.2, 0) is 13.0 Å². The molecule has 2 aromatic rings. The van der Waals surface area contributed by atoms with E-state index >= 15 is 0 Å². The molecule has 1 aromatic heterocycles. The summed E-state index contributed by atoms with van der Waals surface area (Å²) in [7, 11) is 1.39. The molecule has 3 aliphatic heterocycles. The molecule has 7 nitrogen and oxygen atoms in total. The first-order valence-corrected chi connectivity index (χ1v) is 10.5. The molecule has 7 heteroatoms. The lowest BCUT2D eigenvalue weighted by atomic mass is 10.0. The first-order chi connectivity index (χ1) is 14.6. The lowest BCUT2D eigenvalue weighted by Gasteiger charge is -2.36. The predicted molar refractivity (Wildman–Crippen MR) is 111 cm³/mol. The summed E-state index contributed by atoms with van der Waals surface area (Å²) in [6.45, 7) is 2.22. The van der Waals surface area contributed by atoms with E-state index < -0.39 is 5.43 Å². The van der Waals surface area contributed by atoms with Gasteiger partial charge in [-0.15, -0.1) is 0 Å². The average Bonchev–Trinajstić information content (AvgIpc) is 3.35. The Kier molecular flexibility index (Phi) is 4.70. The second kappa shape index (κ2) is 7.40. The van der Waals surface area contributed by atoms with Crippen LogP contribution < -0.4 is 10.2 Å². The lowest BCUT2D eigenvalue weighted by molar-refractivity contribution is 0.0513. The number of hydrogen-bond acceptors (Lipinski definition) is 5. The maximum Gasteiger partial charge on any atom is 0.275 e. The minimum atomic E-state index is -0.492. The van der Waals surface area contributed by atoms with E-state index in [0.29, 0.717) is 25.6 Å². The van der Waals surface area contributed by atoms with Crippen LogP contribution in [0.25, 0.3) is 0 Å². The number of fused-ring (bicyclic) bond motifs is 4. The Balaban J connectivity index is 1.48. The van der Waals surface area contributed by atoms with Crippen LogP contribution in [0, 0.1) is 0 Å². The Hall–Kier alpha value is -2.93. The van der Waals surface area contributed by atoms with E-state index in [4.69, 9.17) is 4.74 Å². The minimum absolute atomic E-state index is 0.0167. The van der Waals surface area contributed by atoms with Crippen molar-refractivity contribution in [2.24, 2.45) is 0 Å². The van der Waals surface area contributed by atoms with Gasteiger partial charge >= 0.3 is 0 Å². The van der Waals surface area contributed by atoms with Crippen molar-refractivity contribution in [3.63, 3.8) is 0 Å². The molecule has 0 radical (unpaired) electrons. The molecule has 1 amide bonds. The van der Waals surface area contributed by atoms with Gasteiger partial charge in [-0.2, -0.15) is 0 Å². The molecule has 2 atom stereocenters. The zero-order valence-corrected chi connectivity index (χ0v) is 17.0. The standard InChI is InChI=1S/C23H25N3O4/c1-30-22-20-23(29)26-12-16-8-5-11-25(16)19(26)14-24(20)13-17(21(22)28)18(27)10-9-15-6-3-2-4-7-15/h2-4,6-7,13,16,19H,5,8-12,14H2,1H3/t16?,19-/m0/s1. The topological polar surface area (TPSA) is 71.8 Å². The van der Waals surface area contributed by atoms with Gasteiger partial charge in [0, 0.05) is 31.7 Å².